The fourth-order valence-electron chi connectivity index (χ4n) is 3.84. The van der Waals surface area contributed by atoms with Crippen LogP contribution in [0.15, 0.2) is 24.3 Å². The van der Waals surface area contributed by atoms with Gasteiger partial charge in [-0.2, -0.15) is 0 Å². The molecule has 1 aromatic carbocycles. The largest absolute Gasteiger partial charge is 0.384 e. The number of ether oxygens (including phenoxy) is 2. The highest BCUT2D eigenvalue weighted by Crippen LogP contribution is 2.29. The van der Waals surface area contributed by atoms with E-state index in [1.165, 1.54) is 5.56 Å². The van der Waals surface area contributed by atoms with Crippen LogP contribution in [0.2, 0.25) is 0 Å². The molecule has 2 saturated heterocycles. The van der Waals surface area contributed by atoms with Crippen molar-refractivity contribution in [3.63, 3.8) is 0 Å². The number of hydrogen-bond donors (Lipinski definition) is 2. The zero-order valence-corrected chi connectivity index (χ0v) is 15.8. The predicted molar refractivity (Wildman–Crippen MR) is 101 cm³/mol. The van der Waals surface area contributed by atoms with Gasteiger partial charge in [0.15, 0.2) is 0 Å². The third-order valence-corrected chi connectivity index (χ3v) is 5.42. The molecular weight excluding hydrogens is 330 g/mol. The Morgan fingerprint density at radius 2 is 2.00 bits per heavy atom. The molecule has 0 unspecified atom stereocenters. The summed E-state index contributed by atoms with van der Waals surface area (Å²) in [4.78, 5) is 15.3. The van der Waals surface area contributed by atoms with Gasteiger partial charge in [-0.15, -0.1) is 0 Å². The minimum atomic E-state index is -0.397. The van der Waals surface area contributed by atoms with Gasteiger partial charge >= 0.3 is 0 Å². The zero-order valence-electron chi connectivity index (χ0n) is 15.8. The molecule has 2 aliphatic heterocycles. The van der Waals surface area contributed by atoms with Gasteiger partial charge in [-0.25, -0.2) is 0 Å². The van der Waals surface area contributed by atoms with E-state index in [9.17, 15) is 4.79 Å². The molecule has 1 aromatic rings. The Kier molecular flexibility index (Phi) is 7.02. The summed E-state index contributed by atoms with van der Waals surface area (Å²) in [6, 6.07) is 8.50. The Morgan fingerprint density at radius 1 is 1.27 bits per heavy atom. The van der Waals surface area contributed by atoms with E-state index in [2.05, 4.69) is 39.8 Å². The summed E-state index contributed by atoms with van der Waals surface area (Å²) in [6.45, 7) is 7.30. The minimum absolute atomic E-state index is 0.111. The number of benzene rings is 1. The lowest BCUT2D eigenvalue weighted by Gasteiger charge is -2.35. The molecule has 0 bridgehead atoms. The summed E-state index contributed by atoms with van der Waals surface area (Å²) in [5, 5.41) is 6.47. The van der Waals surface area contributed by atoms with Crippen LogP contribution in [0.3, 0.4) is 0 Å². The SMILES string of the molecule is COCC1(C(=O)NCc2cccc(CN3CCOCC3)c2)CCNCC1. The Balaban J connectivity index is 1.56. The predicted octanol–water partition coefficient (Wildman–Crippen LogP) is 1.15. The fraction of sp³-hybridized carbons (Fsp3) is 0.650. The highest BCUT2D eigenvalue weighted by Gasteiger charge is 2.39. The molecule has 0 atom stereocenters. The lowest BCUT2D eigenvalue weighted by atomic mass is 9.78. The second kappa shape index (κ2) is 9.46. The van der Waals surface area contributed by atoms with E-state index in [1.54, 1.807) is 7.11 Å². The number of carbonyl (C=O) groups is 1. The Morgan fingerprint density at radius 3 is 2.73 bits per heavy atom. The number of nitrogens with zero attached hydrogens (tertiary/aromatic N) is 1. The molecular formula is C20H31N3O3. The van der Waals surface area contributed by atoms with Crippen LogP contribution >= 0.6 is 0 Å². The Hall–Kier alpha value is -1.47. The van der Waals surface area contributed by atoms with Gasteiger partial charge in [-0.1, -0.05) is 24.3 Å². The van der Waals surface area contributed by atoms with Crippen molar-refractivity contribution < 1.29 is 14.3 Å². The minimum Gasteiger partial charge on any atom is -0.384 e. The van der Waals surface area contributed by atoms with Gasteiger partial charge in [0.2, 0.25) is 5.91 Å². The van der Waals surface area contributed by atoms with Crippen molar-refractivity contribution in [2.75, 3.05) is 53.1 Å². The standard InChI is InChI=1S/C20H31N3O3/c1-25-16-20(5-7-21-8-6-20)19(24)22-14-17-3-2-4-18(13-17)15-23-9-11-26-12-10-23/h2-4,13,21H,5-12,14-16H2,1H3,(H,22,24). The van der Waals surface area contributed by atoms with Crippen molar-refractivity contribution >= 4 is 5.91 Å². The van der Waals surface area contributed by atoms with Crippen molar-refractivity contribution in [2.24, 2.45) is 5.41 Å². The maximum atomic E-state index is 12.8. The van der Waals surface area contributed by atoms with Gasteiger partial charge in [0, 0.05) is 33.3 Å². The molecule has 2 fully saturated rings. The van der Waals surface area contributed by atoms with Gasteiger partial charge in [0.1, 0.15) is 0 Å². The van der Waals surface area contributed by atoms with Gasteiger partial charge in [-0.3, -0.25) is 9.69 Å². The Labute approximate surface area is 156 Å². The van der Waals surface area contributed by atoms with Crippen LogP contribution in [0.4, 0.5) is 0 Å². The Bertz CT molecular complexity index is 576. The summed E-state index contributed by atoms with van der Waals surface area (Å²) in [5.74, 6) is 0.111. The molecule has 0 aliphatic carbocycles. The van der Waals surface area contributed by atoms with Gasteiger partial charge < -0.3 is 20.1 Å². The summed E-state index contributed by atoms with van der Waals surface area (Å²) in [6.07, 6.45) is 1.65. The van der Waals surface area contributed by atoms with Crippen molar-refractivity contribution in [1.82, 2.24) is 15.5 Å². The number of amides is 1. The smallest absolute Gasteiger partial charge is 0.228 e. The van der Waals surface area contributed by atoms with Crippen molar-refractivity contribution in [3.05, 3.63) is 35.4 Å². The van der Waals surface area contributed by atoms with Crippen molar-refractivity contribution in [1.29, 1.82) is 0 Å². The maximum Gasteiger partial charge on any atom is 0.228 e. The van der Waals surface area contributed by atoms with Gasteiger partial charge in [0.05, 0.1) is 25.2 Å². The third kappa shape index (κ3) is 5.04. The number of hydrogen-bond acceptors (Lipinski definition) is 5. The zero-order chi connectivity index (χ0) is 18.2. The van der Waals surface area contributed by atoms with Crippen LogP contribution in [0, 0.1) is 5.41 Å². The van der Waals surface area contributed by atoms with Crippen LogP contribution in [-0.2, 0) is 27.4 Å². The monoisotopic (exact) mass is 361 g/mol. The van der Waals surface area contributed by atoms with Crippen molar-refractivity contribution in [2.45, 2.75) is 25.9 Å². The first-order chi connectivity index (χ1) is 12.7. The second-order valence-electron chi connectivity index (χ2n) is 7.35. The molecule has 2 heterocycles. The van der Waals surface area contributed by atoms with E-state index < -0.39 is 5.41 Å². The highest BCUT2D eigenvalue weighted by molar-refractivity contribution is 5.83. The number of rotatable bonds is 7. The van der Waals surface area contributed by atoms with Crippen LogP contribution in [-0.4, -0.2) is 63.9 Å². The molecule has 0 aromatic heterocycles. The highest BCUT2D eigenvalue weighted by atomic mass is 16.5. The average molecular weight is 361 g/mol. The van der Waals surface area contributed by atoms with E-state index in [1.807, 2.05) is 0 Å². The van der Waals surface area contributed by atoms with E-state index in [-0.39, 0.29) is 5.91 Å². The second-order valence-corrected chi connectivity index (χ2v) is 7.35. The molecule has 26 heavy (non-hydrogen) atoms. The fourth-order valence-corrected chi connectivity index (χ4v) is 3.84. The molecule has 144 valence electrons. The van der Waals surface area contributed by atoms with Crippen LogP contribution < -0.4 is 10.6 Å². The topological polar surface area (TPSA) is 62.8 Å². The molecule has 2 aliphatic rings. The summed E-state index contributed by atoms with van der Waals surface area (Å²) < 4.78 is 10.8. The lowest BCUT2D eigenvalue weighted by molar-refractivity contribution is -0.136. The van der Waals surface area contributed by atoms with Crippen LogP contribution in [0.25, 0.3) is 0 Å². The van der Waals surface area contributed by atoms with Gasteiger partial charge in [0.25, 0.3) is 0 Å². The summed E-state index contributed by atoms with van der Waals surface area (Å²) >= 11 is 0. The molecule has 0 saturated carbocycles. The first-order valence-electron chi connectivity index (χ1n) is 9.58. The molecule has 3 rings (SSSR count). The van der Waals surface area contributed by atoms with E-state index in [0.717, 1.165) is 64.3 Å². The maximum absolute atomic E-state index is 12.8. The molecule has 0 spiro atoms. The average Bonchev–Trinajstić information content (AvgIpc) is 2.68. The van der Waals surface area contributed by atoms with Crippen LogP contribution in [0.1, 0.15) is 24.0 Å². The van der Waals surface area contributed by atoms with E-state index >= 15 is 0 Å². The van der Waals surface area contributed by atoms with Crippen LogP contribution in [0.5, 0.6) is 0 Å². The number of piperidine rings is 1. The lowest BCUT2D eigenvalue weighted by Crippen LogP contribution is -2.49. The first kappa shape index (κ1) is 19.3. The number of morpholine rings is 1. The van der Waals surface area contributed by atoms with E-state index in [0.29, 0.717) is 13.2 Å². The molecule has 6 heteroatoms. The molecule has 1 amide bonds. The third-order valence-electron chi connectivity index (χ3n) is 5.42. The number of carbonyl (C=O) groups excluding carboxylic acids is 1. The summed E-state index contributed by atoms with van der Waals surface area (Å²) in [5.41, 5.74) is 2.03. The normalized spacial score (nSPS) is 20.7. The first-order valence-corrected chi connectivity index (χ1v) is 9.58. The summed E-state index contributed by atoms with van der Waals surface area (Å²) in [7, 11) is 1.67. The number of nitrogens with one attached hydrogen (secondary N) is 2. The molecule has 0 radical (unpaired) electrons. The molecule has 2 N–H and O–H groups in total. The van der Waals surface area contributed by atoms with Gasteiger partial charge in [-0.05, 0) is 37.1 Å². The quantitative estimate of drug-likeness (QED) is 0.763. The number of methoxy groups -OCH3 is 1. The van der Waals surface area contributed by atoms with Crippen molar-refractivity contribution in [3.8, 4) is 0 Å². The molecule has 6 nitrogen and oxygen atoms in total. The van der Waals surface area contributed by atoms with E-state index in [4.69, 9.17) is 9.47 Å².